The Morgan fingerprint density at radius 1 is 1.40 bits per heavy atom. The van der Waals surface area contributed by atoms with Gasteiger partial charge < -0.3 is 5.32 Å². The first-order chi connectivity index (χ1) is 6.88. The first-order valence-corrected chi connectivity index (χ1v) is 5.58. The predicted octanol–water partition coefficient (Wildman–Crippen LogP) is 1.91. The summed E-state index contributed by atoms with van der Waals surface area (Å²) in [7, 11) is 1.97. The highest BCUT2D eigenvalue weighted by molar-refractivity contribution is 5.15. The molecule has 15 heavy (non-hydrogen) atoms. The standard InChI is InChI=1S/C12H23N3/c1-10-11(8-15(5)14-10)6-7-13-9-12(2,3)4/h8,13H,6-7,9H2,1-5H3. The summed E-state index contributed by atoms with van der Waals surface area (Å²) in [6.07, 6.45) is 3.17. The number of aromatic nitrogens is 2. The van der Waals surface area contributed by atoms with Gasteiger partial charge in [0, 0.05) is 19.8 Å². The number of hydrogen-bond acceptors (Lipinski definition) is 2. The first-order valence-electron chi connectivity index (χ1n) is 5.58. The Labute approximate surface area is 92.9 Å². The van der Waals surface area contributed by atoms with Crippen LogP contribution in [0.25, 0.3) is 0 Å². The zero-order valence-electron chi connectivity index (χ0n) is 10.6. The van der Waals surface area contributed by atoms with Gasteiger partial charge in [0.15, 0.2) is 0 Å². The van der Waals surface area contributed by atoms with Crippen molar-refractivity contribution in [3.8, 4) is 0 Å². The third-order valence-electron chi connectivity index (χ3n) is 2.34. The Kier molecular flexibility index (Phi) is 3.91. The van der Waals surface area contributed by atoms with Crippen molar-refractivity contribution in [2.24, 2.45) is 12.5 Å². The molecule has 0 saturated carbocycles. The lowest BCUT2D eigenvalue weighted by molar-refractivity contribution is 0.381. The van der Waals surface area contributed by atoms with Crippen LogP contribution in [0.4, 0.5) is 0 Å². The highest BCUT2D eigenvalue weighted by atomic mass is 15.2. The molecule has 0 fully saturated rings. The largest absolute Gasteiger partial charge is 0.316 e. The number of rotatable bonds is 4. The lowest BCUT2D eigenvalue weighted by Crippen LogP contribution is -2.28. The van der Waals surface area contributed by atoms with Gasteiger partial charge in [0.1, 0.15) is 0 Å². The lowest BCUT2D eigenvalue weighted by atomic mass is 9.97. The van der Waals surface area contributed by atoms with Gasteiger partial charge in [-0.2, -0.15) is 5.10 Å². The van der Waals surface area contributed by atoms with E-state index in [-0.39, 0.29) is 0 Å². The summed E-state index contributed by atoms with van der Waals surface area (Å²) in [5.74, 6) is 0. The second-order valence-electron chi connectivity index (χ2n) is 5.40. The normalized spacial score (nSPS) is 12.1. The molecule has 0 atom stereocenters. The van der Waals surface area contributed by atoms with Crippen molar-refractivity contribution in [2.45, 2.75) is 34.1 Å². The van der Waals surface area contributed by atoms with Gasteiger partial charge in [-0.15, -0.1) is 0 Å². The Hall–Kier alpha value is -0.830. The molecule has 0 saturated heterocycles. The van der Waals surface area contributed by atoms with E-state index in [0.29, 0.717) is 5.41 Å². The van der Waals surface area contributed by atoms with Gasteiger partial charge in [0.2, 0.25) is 0 Å². The van der Waals surface area contributed by atoms with Crippen molar-refractivity contribution in [1.29, 1.82) is 0 Å². The van der Waals surface area contributed by atoms with E-state index in [4.69, 9.17) is 0 Å². The van der Waals surface area contributed by atoms with Gasteiger partial charge >= 0.3 is 0 Å². The quantitative estimate of drug-likeness (QED) is 0.768. The molecule has 3 heteroatoms. The zero-order valence-corrected chi connectivity index (χ0v) is 10.6. The van der Waals surface area contributed by atoms with Crippen molar-refractivity contribution in [3.63, 3.8) is 0 Å². The van der Waals surface area contributed by atoms with Crippen molar-refractivity contribution in [3.05, 3.63) is 17.5 Å². The lowest BCUT2D eigenvalue weighted by Gasteiger charge is -2.18. The fourth-order valence-corrected chi connectivity index (χ4v) is 1.58. The van der Waals surface area contributed by atoms with Gasteiger partial charge in [-0.3, -0.25) is 4.68 Å². The predicted molar refractivity (Wildman–Crippen MR) is 64.0 cm³/mol. The number of aryl methyl sites for hydroxylation is 2. The summed E-state index contributed by atoms with van der Waals surface area (Å²) in [5, 5.41) is 7.80. The van der Waals surface area contributed by atoms with Crippen LogP contribution in [0.5, 0.6) is 0 Å². The second-order valence-corrected chi connectivity index (χ2v) is 5.40. The van der Waals surface area contributed by atoms with E-state index in [2.05, 4.69) is 44.3 Å². The maximum atomic E-state index is 4.33. The van der Waals surface area contributed by atoms with Crippen LogP contribution < -0.4 is 5.32 Å². The molecule has 1 aromatic heterocycles. The molecule has 0 spiro atoms. The van der Waals surface area contributed by atoms with E-state index in [9.17, 15) is 0 Å². The molecule has 0 unspecified atom stereocenters. The minimum Gasteiger partial charge on any atom is -0.316 e. The smallest absolute Gasteiger partial charge is 0.0626 e. The summed E-state index contributed by atoms with van der Waals surface area (Å²) >= 11 is 0. The molecule has 0 amide bonds. The highest BCUT2D eigenvalue weighted by Crippen LogP contribution is 2.10. The third kappa shape index (κ3) is 4.47. The molecule has 1 aromatic rings. The average molecular weight is 209 g/mol. The highest BCUT2D eigenvalue weighted by Gasteiger charge is 2.09. The maximum absolute atomic E-state index is 4.33. The molecular weight excluding hydrogens is 186 g/mol. The first kappa shape index (κ1) is 12.2. The van der Waals surface area contributed by atoms with E-state index in [1.807, 2.05) is 11.7 Å². The van der Waals surface area contributed by atoms with Crippen LogP contribution in [0, 0.1) is 12.3 Å². The molecule has 1 heterocycles. The van der Waals surface area contributed by atoms with Crippen LogP contribution in [0.2, 0.25) is 0 Å². The Balaban J connectivity index is 2.29. The fraction of sp³-hybridized carbons (Fsp3) is 0.750. The molecular formula is C12H23N3. The Morgan fingerprint density at radius 3 is 2.53 bits per heavy atom. The molecule has 0 aliphatic rings. The van der Waals surface area contributed by atoms with Crippen molar-refractivity contribution in [2.75, 3.05) is 13.1 Å². The summed E-state index contributed by atoms with van der Waals surface area (Å²) in [5.41, 5.74) is 2.86. The summed E-state index contributed by atoms with van der Waals surface area (Å²) in [4.78, 5) is 0. The molecule has 86 valence electrons. The minimum atomic E-state index is 0.365. The van der Waals surface area contributed by atoms with Crippen LogP contribution in [-0.4, -0.2) is 22.9 Å². The van der Waals surface area contributed by atoms with Gasteiger partial charge in [-0.1, -0.05) is 20.8 Å². The molecule has 1 N–H and O–H groups in total. The van der Waals surface area contributed by atoms with Gasteiger partial charge in [-0.25, -0.2) is 0 Å². The van der Waals surface area contributed by atoms with Crippen LogP contribution >= 0.6 is 0 Å². The Bertz CT molecular complexity index is 307. The minimum absolute atomic E-state index is 0.365. The molecule has 3 nitrogen and oxygen atoms in total. The summed E-state index contributed by atoms with van der Waals surface area (Å²) in [6, 6.07) is 0. The summed E-state index contributed by atoms with van der Waals surface area (Å²) < 4.78 is 1.88. The summed E-state index contributed by atoms with van der Waals surface area (Å²) in [6.45, 7) is 10.9. The Morgan fingerprint density at radius 2 is 2.07 bits per heavy atom. The third-order valence-corrected chi connectivity index (χ3v) is 2.34. The van der Waals surface area contributed by atoms with Gasteiger partial charge in [-0.05, 0) is 30.9 Å². The van der Waals surface area contributed by atoms with Crippen LogP contribution in [0.3, 0.4) is 0 Å². The molecule has 0 aromatic carbocycles. The SMILES string of the molecule is Cc1nn(C)cc1CCNCC(C)(C)C. The number of nitrogens with zero attached hydrogens (tertiary/aromatic N) is 2. The van der Waals surface area contributed by atoms with Crippen molar-refractivity contribution < 1.29 is 0 Å². The number of nitrogens with one attached hydrogen (secondary N) is 1. The van der Waals surface area contributed by atoms with E-state index in [1.54, 1.807) is 0 Å². The average Bonchev–Trinajstić information content (AvgIpc) is 2.37. The molecule has 1 rings (SSSR count). The van der Waals surface area contributed by atoms with E-state index >= 15 is 0 Å². The second kappa shape index (κ2) is 4.79. The van der Waals surface area contributed by atoms with Crippen molar-refractivity contribution >= 4 is 0 Å². The molecule has 0 bridgehead atoms. The maximum Gasteiger partial charge on any atom is 0.0626 e. The molecule has 0 aliphatic heterocycles. The van der Waals surface area contributed by atoms with E-state index < -0.39 is 0 Å². The van der Waals surface area contributed by atoms with Gasteiger partial charge in [0.25, 0.3) is 0 Å². The zero-order chi connectivity index (χ0) is 11.5. The topological polar surface area (TPSA) is 29.9 Å². The van der Waals surface area contributed by atoms with E-state index in [0.717, 1.165) is 25.2 Å². The monoisotopic (exact) mass is 209 g/mol. The van der Waals surface area contributed by atoms with Crippen LogP contribution in [-0.2, 0) is 13.5 Å². The van der Waals surface area contributed by atoms with Crippen LogP contribution in [0.15, 0.2) is 6.20 Å². The number of hydrogen-bond donors (Lipinski definition) is 1. The van der Waals surface area contributed by atoms with Gasteiger partial charge in [0.05, 0.1) is 5.69 Å². The fourth-order valence-electron chi connectivity index (χ4n) is 1.58. The van der Waals surface area contributed by atoms with Crippen molar-refractivity contribution in [1.82, 2.24) is 15.1 Å². The molecule has 0 radical (unpaired) electrons. The van der Waals surface area contributed by atoms with E-state index in [1.165, 1.54) is 5.56 Å². The molecule has 0 aliphatic carbocycles. The van der Waals surface area contributed by atoms with Crippen LogP contribution in [0.1, 0.15) is 32.0 Å².